The molecule has 0 unspecified atom stereocenters. The third kappa shape index (κ3) is 4.85. The van der Waals surface area contributed by atoms with Gasteiger partial charge in [0.05, 0.1) is 10.6 Å². The van der Waals surface area contributed by atoms with Crippen LogP contribution in [0.5, 0.6) is 0 Å². The Morgan fingerprint density at radius 3 is 2.21 bits per heavy atom. The highest BCUT2D eigenvalue weighted by atomic mass is 35.5. The molecular weight excluding hydrogens is 424 g/mol. The van der Waals surface area contributed by atoms with Gasteiger partial charge in [-0.25, -0.2) is 18.4 Å². The maximum Gasteiger partial charge on any atom is 0.243 e. The highest BCUT2D eigenvalue weighted by molar-refractivity contribution is 7.99. The molecule has 2 aromatic rings. The molecule has 1 aliphatic rings. The van der Waals surface area contributed by atoms with Crippen molar-refractivity contribution in [1.82, 2.24) is 19.2 Å². The van der Waals surface area contributed by atoms with E-state index in [-0.39, 0.29) is 41.3 Å². The van der Waals surface area contributed by atoms with Crippen molar-refractivity contribution in [3.8, 4) is 0 Å². The molecular formula is C16H19ClN6O3S2. The Morgan fingerprint density at radius 2 is 1.64 bits per heavy atom. The summed E-state index contributed by atoms with van der Waals surface area (Å²) in [6, 6.07) is 7.46. The Bertz CT molecular complexity index is 943. The lowest BCUT2D eigenvalue weighted by Crippen LogP contribution is -2.50. The van der Waals surface area contributed by atoms with Crippen LogP contribution in [0.2, 0.25) is 5.02 Å². The van der Waals surface area contributed by atoms with Crippen molar-refractivity contribution in [2.24, 2.45) is 0 Å². The third-order valence-electron chi connectivity index (χ3n) is 4.11. The summed E-state index contributed by atoms with van der Waals surface area (Å²) in [5.74, 6) is 0.470. The van der Waals surface area contributed by atoms with Crippen LogP contribution < -0.4 is 11.5 Å². The fourth-order valence-electron chi connectivity index (χ4n) is 2.68. The summed E-state index contributed by atoms with van der Waals surface area (Å²) in [5.41, 5.74) is 11.2. The normalized spacial score (nSPS) is 15.5. The second-order valence-corrected chi connectivity index (χ2v) is 9.34. The van der Waals surface area contributed by atoms with Crippen molar-refractivity contribution in [2.45, 2.75) is 10.1 Å². The minimum absolute atomic E-state index is 0.118. The minimum Gasteiger partial charge on any atom is -0.383 e. The Morgan fingerprint density at radius 1 is 1.07 bits per heavy atom. The molecule has 1 fully saturated rings. The maximum atomic E-state index is 12.7. The van der Waals surface area contributed by atoms with Gasteiger partial charge in [0.2, 0.25) is 15.9 Å². The predicted molar refractivity (Wildman–Crippen MR) is 108 cm³/mol. The van der Waals surface area contributed by atoms with E-state index in [1.807, 2.05) is 0 Å². The standard InChI is InChI=1S/C16H19ClN6O3S2/c17-11-1-3-12(4-2-11)28(25,26)23-7-5-22(6-8-23)15(24)10-27-16-20-13(18)9-14(19)21-16/h1-4,9H,5-8,10H2,(H4,18,19,20,21). The molecule has 3 rings (SSSR count). The van der Waals surface area contributed by atoms with Crippen LogP contribution in [0, 0.1) is 0 Å². The smallest absolute Gasteiger partial charge is 0.243 e. The molecule has 0 spiro atoms. The highest BCUT2D eigenvalue weighted by Gasteiger charge is 2.30. The number of benzene rings is 1. The number of halogens is 1. The van der Waals surface area contributed by atoms with Gasteiger partial charge in [-0.2, -0.15) is 4.31 Å². The van der Waals surface area contributed by atoms with E-state index >= 15 is 0 Å². The number of hydrogen-bond acceptors (Lipinski definition) is 8. The van der Waals surface area contributed by atoms with E-state index in [4.69, 9.17) is 23.1 Å². The molecule has 1 aliphatic heterocycles. The van der Waals surface area contributed by atoms with Gasteiger partial charge in [-0.05, 0) is 24.3 Å². The van der Waals surface area contributed by atoms with E-state index in [9.17, 15) is 13.2 Å². The second-order valence-electron chi connectivity index (χ2n) is 6.03. The van der Waals surface area contributed by atoms with Crippen LogP contribution in [-0.2, 0) is 14.8 Å². The average molecular weight is 443 g/mol. The maximum absolute atomic E-state index is 12.7. The summed E-state index contributed by atoms with van der Waals surface area (Å²) >= 11 is 6.95. The van der Waals surface area contributed by atoms with Crippen molar-refractivity contribution < 1.29 is 13.2 Å². The molecule has 12 heteroatoms. The number of hydrogen-bond donors (Lipinski definition) is 2. The summed E-state index contributed by atoms with van der Waals surface area (Å²) in [6.07, 6.45) is 0. The number of aromatic nitrogens is 2. The van der Waals surface area contributed by atoms with E-state index in [0.29, 0.717) is 23.3 Å². The molecule has 0 bridgehead atoms. The lowest BCUT2D eigenvalue weighted by atomic mass is 10.3. The van der Waals surface area contributed by atoms with Crippen LogP contribution in [0.3, 0.4) is 0 Å². The van der Waals surface area contributed by atoms with Gasteiger partial charge in [-0.3, -0.25) is 4.79 Å². The summed E-state index contributed by atoms with van der Waals surface area (Å²) in [4.78, 5) is 22.2. The molecule has 1 aromatic carbocycles. The first kappa shape index (κ1) is 20.6. The van der Waals surface area contributed by atoms with Crippen LogP contribution in [-0.4, -0.2) is 65.4 Å². The van der Waals surface area contributed by atoms with E-state index in [2.05, 4.69) is 9.97 Å². The summed E-state index contributed by atoms with van der Waals surface area (Å²) in [5, 5.41) is 0.799. The first-order valence-corrected chi connectivity index (χ1v) is 11.1. The number of nitrogens with two attached hydrogens (primary N) is 2. The van der Waals surface area contributed by atoms with Crippen molar-refractivity contribution in [3.63, 3.8) is 0 Å². The van der Waals surface area contributed by atoms with Crippen LogP contribution >= 0.6 is 23.4 Å². The molecule has 0 saturated carbocycles. The van der Waals surface area contributed by atoms with E-state index in [1.54, 1.807) is 4.90 Å². The van der Waals surface area contributed by atoms with Crippen molar-refractivity contribution >= 4 is 50.9 Å². The Hall–Kier alpha value is -2.08. The highest BCUT2D eigenvalue weighted by Crippen LogP contribution is 2.21. The molecule has 28 heavy (non-hydrogen) atoms. The van der Waals surface area contributed by atoms with Crippen LogP contribution in [0.4, 0.5) is 11.6 Å². The molecule has 4 N–H and O–H groups in total. The Labute approximate surface area is 172 Å². The lowest BCUT2D eigenvalue weighted by molar-refractivity contribution is -0.129. The molecule has 1 amide bonds. The first-order chi connectivity index (χ1) is 13.3. The van der Waals surface area contributed by atoms with Crippen molar-refractivity contribution in [2.75, 3.05) is 43.4 Å². The summed E-state index contributed by atoms with van der Waals surface area (Å²) < 4.78 is 26.7. The van der Waals surface area contributed by atoms with Crippen molar-refractivity contribution in [3.05, 3.63) is 35.4 Å². The summed E-state index contributed by atoms with van der Waals surface area (Å²) in [6.45, 7) is 1.07. The molecule has 1 saturated heterocycles. The molecule has 2 heterocycles. The van der Waals surface area contributed by atoms with E-state index in [0.717, 1.165) is 11.8 Å². The fourth-order valence-corrected chi connectivity index (χ4v) is 5.00. The number of thioether (sulfide) groups is 1. The van der Waals surface area contributed by atoms with Gasteiger partial charge >= 0.3 is 0 Å². The molecule has 1 aromatic heterocycles. The number of anilines is 2. The number of nitrogen functional groups attached to an aromatic ring is 2. The Kier molecular flexibility index (Phi) is 6.28. The van der Waals surface area contributed by atoms with Crippen LogP contribution in [0.1, 0.15) is 0 Å². The third-order valence-corrected chi connectivity index (χ3v) is 7.11. The molecule has 9 nitrogen and oxygen atoms in total. The summed E-state index contributed by atoms with van der Waals surface area (Å²) in [7, 11) is -3.61. The van der Waals surface area contributed by atoms with E-state index < -0.39 is 10.0 Å². The van der Waals surface area contributed by atoms with Gasteiger partial charge in [0.1, 0.15) is 11.6 Å². The van der Waals surface area contributed by atoms with Gasteiger partial charge < -0.3 is 16.4 Å². The van der Waals surface area contributed by atoms with Gasteiger partial charge in [0, 0.05) is 37.3 Å². The van der Waals surface area contributed by atoms with Crippen LogP contribution in [0.15, 0.2) is 40.4 Å². The number of carbonyl (C=O) groups is 1. The zero-order chi connectivity index (χ0) is 20.3. The number of amides is 1. The van der Waals surface area contributed by atoms with Gasteiger partial charge in [0.15, 0.2) is 5.16 Å². The second kappa shape index (κ2) is 8.52. The number of sulfonamides is 1. The van der Waals surface area contributed by atoms with Crippen LogP contribution in [0.25, 0.3) is 0 Å². The van der Waals surface area contributed by atoms with Gasteiger partial charge in [-0.1, -0.05) is 23.4 Å². The fraction of sp³-hybridized carbons (Fsp3) is 0.312. The van der Waals surface area contributed by atoms with Crippen molar-refractivity contribution in [1.29, 1.82) is 0 Å². The number of rotatable bonds is 5. The van der Waals surface area contributed by atoms with E-state index in [1.165, 1.54) is 34.6 Å². The monoisotopic (exact) mass is 442 g/mol. The zero-order valence-corrected chi connectivity index (χ0v) is 17.2. The number of carbonyl (C=O) groups excluding carboxylic acids is 1. The predicted octanol–water partition coefficient (Wildman–Crippen LogP) is 0.920. The molecule has 0 radical (unpaired) electrons. The SMILES string of the molecule is Nc1cc(N)nc(SCC(=O)N2CCN(S(=O)(=O)c3ccc(Cl)cc3)CC2)n1. The number of nitrogens with zero attached hydrogens (tertiary/aromatic N) is 4. The molecule has 150 valence electrons. The quantitative estimate of drug-likeness (QED) is 0.515. The zero-order valence-electron chi connectivity index (χ0n) is 14.8. The lowest BCUT2D eigenvalue weighted by Gasteiger charge is -2.34. The first-order valence-electron chi connectivity index (χ1n) is 8.32. The number of piperazine rings is 1. The average Bonchev–Trinajstić information content (AvgIpc) is 2.66. The largest absolute Gasteiger partial charge is 0.383 e. The van der Waals surface area contributed by atoms with Gasteiger partial charge in [0.25, 0.3) is 0 Å². The van der Waals surface area contributed by atoms with Gasteiger partial charge in [-0.15, -0.1) is 0 Å². The minimum atomic E-state index is -3.61. The molecule has 0 aliphatic carbocycles. The Balaban J connectivity index is 1.55. The molecule has 0 atom stereocenters. The topological polar surface area (TPSA) is 136 Å².